The second kappa shape index (κ2) is 8.04. The molecule has 1 unspecified atom stereocenters. The highest BCUT2D eigenvalue weighted by Gasteiger charge is 2.19. The van der Waals surface area contributed by atoms with E-state index in [1.54, 1.807) is 0 Å². The zero-order valence-corrected chi connectivity index (χ0v) is 11.7. The molecular formula is C16H24O2. The van der Waals surface area contributed by atoms with Crippen LogP contribution in [0.25, 0.3) is 0 Å². The van der Waals surface area contributed by atoms with Gasteiger partial charge in [0.1, 0.15) is 6.10 Å². The third-order valence-electron chi connectivity index (χ3n) is 2.99. The van der Waals surface area contributed by atoms with Crippen molar-refractivity contribution in [1.29, 1.82) is 0 Å². The van der Waals surface area contributed by atoms with Gasteiger partial charge in [0.25, 0.3) is 0 Å². The molecule has 1 aromatic carbocycles. The monoisotopic (exact) mass is 248 g/mol. The van der Waals surface area contributed by atoms with E-state index in [0.717, 1.165) is 31.2 Å². The summed E-state index contributed by atoms with van der Waals surface area (Å²) >= 11 is 0. The van der Waals surface area contributed by atoms with Gasteiger partial charge in [0.15, 0.2) is 5.78 Å². The van der Waals surface area contributed by atoms with Crippen LogP contribution in [0.4, 0.5) is 0 Å². The number of hydrogen-bond donors (Lipinski definition) is 0. The quantitative estimate of drug-likeness (QED) is 0.649. The Morgan fingerprint density at radius 3 is 2.28 bits per heavy atom. The maximum atomic E-state index is 12.3. The minimum atomic E-state index is -0.281. The third-order valence-corrected chi connectivity index (χ3v) is 2.99. The second-order valence-corrected chi connectivity index (χ2v) is 4.54. The van der Waals surface area contributed by atoms with Gasteiger partial charge >= 0.3 is 0 Å². The minimum Gasteiger partial charge on any atom is -0.370 e. The molecule has 1 aromatic rings. The van der Waals surface area contributed by atoms with Gasteiger partial charge in [0, 0.05) is 12.2 Å². The van der Waals surface area contributed by atoms with Crippen molar-refractivity contribution >= 4 is 5.78 Å². The molecule has 0 fully saturated rings. The lowest BCUT2D eigenvalue weighted by Gasteiger charge is -2.15. The van der Waals surface area contributed by atoms with Gasteiger partial charge in [-0.3, -0.25) is 4.79 Å². The highest BCUT2D eigenvalue weighted by Crippen LogP contribution is 2.13. The van der Waals surface area contributed by atoms with Gasteiger partial charge < -0.3 is 4.74 Å². The van der Waals surface area contributed by atoms with Crippen LogP contribution in [0.15, 0.2) is 24.3 Å². The molecule has 0 radical (unpaired) electrons. The Balaban J connectivity index is 2.74. The smallest absolute Gasteiger partial charge is 0.191 e. The van der Waals surface area contributed by atoms with E-state index < -0.39 is 0 Å². The van der Waals surface area contributed by atoms with E-state index in [1.807, 2.05) is 31.2 Å². The number of ketones is 1. The molecule has 100 valence electrons. The molecule has 0 aliphatic rings. The molecule has 0 saturated heterocycles. The van der Waals surface area contributed by atoms with Crippen LogP contribution in [-0.4, -0.2) is 18.5 Å². The summed E-state index contributed by atoms with van der Waals surface area (Å²) in [6.07, 6.45) is 3.67. The molecule has 1 atom stereocenters. The Morgan fingerprint density at radius 1 is 1.11 bits per heavy atom. The third kappa shape index (κ3) is 4.26. The van der Waals surface area contributed by atoms with Crippen LogP contribution in [0.1, 0.15) is 56.0 Å². The molecule has 18 heavy (non-hydrogen) atoms. The lowest BCUT2D eigenvalue weighted by atomic mass is 10.0. The van der Waals surface area contributed by atoms with Gasteiger partial charge in [-0.25, -0.2) is 0 Å². The van der Waals surface area contributed by atoms with Crippen LogP contribution in [0.3, 0.4) is 0 Å². The van der Waals surface area contributed by atoms with Crippen LogP contribution in [0.2, 0.25) is 0 Å². The first kappa shape index (κ1) is 14.9. The van der Waals surface area contributed by atoms with E-state index in [4.69, 9.17) is 4.74 Å². The molecule has 0 amide bonds. The van der Waals surface area contributed by atoms with Gasteiger partial charge in [-0.15, -0.1) is 0 Å². The van der Waals surface area contributed by atoms with Crippen LogP contribution in [-0.2, 0) is 11.2 Å². The van der Waals surface area contributed by atoms with Crippen molar-refractivity contribution in [3.63, 3.8) is 0 Å². The maximum Gasteiger partial charge on any atom is 0.191 e. The normalized spacial score (nSPS) is 12.4. The first-order valence-corrected chi connectivity index (χ1v) is 6.97. The highest BCUT2D eigenvalue weighted by molar-refractivity contribution is 5.99. The molecule has 0 spiro atoms. The number of hydrogen-bond acceptors (Lipinski definition) is 2. The minimum absolute atomic E-state index is 0.113. The molecule has 0 aromatic heterocycles. The lowest BCUT2D eigenvalue weighted by Crippen LogP contribution is -2.24. The summed E-state index contributed by atoms with van der Waals surface area (Å²) < 4.78 is 5.53. The van der Waals surface area contributed by atoms with Crippen molar-refractivity contribution in [1.82, 2.24) is 0 Å². The number of aryl methyl sites for hydroxylation is 1. The Hall–Kier alpha value is -1.15. The largest absolute Gasteiger partial charge is 0.370 e. The number of carbonyl (C=O) groups is 1. The fourth-order valence-corrected chi connectivity index (χ4v) is 2.06. The summed E-state index contributed by atoms with van der Waals surface area (Å²) in [7, 11) is 0. The van der Waals surface area contributed by atoms with E-state index in [2.05, 4.69) is 13.8 Å². The molecule has 0 aliphatic heterocycles. The molecule has 1 rings (SSSR count). The zero-order chi connectivity index (χ0) is 13.4. The molecular weight excluding hydrogens is 224 g/mol. The summed E-state index contributed by atoms with van der Waals surface area (Å²) in [4.78, 5) is 12.3. The topological polar surface area (TPSA) is 26.3 Å². The van der Waals surface area contributed by atoms with Gasteiger partial charge in [0.05, 0.1) is 0 Å². The number of rotatable bonds is 8. The first-order valence-electron chi connectivity index (χ1n) is 6.97. The first-order chi connectivity index (χ1) is 8.72. The molecule has 0 bridgehead atoms. The average molecular weight is 248 g/mol. The second-order valence-electron chi connectivity index (χ2n) is 4.54. The van der Waals surface area contributed by atoms with E-state index in [0.29, 0.717) is 6.61 Å². The summed E-state index contributed by atoms with van der Waals surface area (Å²) in [5.74, 6) is 0.113. The Kier molecular flexibility index (Phi) is 6.66. The Labute approximate surface area is 110 Å². The zero-order valence-electron chi connectivity index (χ0n) is 11.7. The summed E-state index contributed by atoms with van der Waals surface area (Å²) in [5, 5.41) is 0. The molecule has 2 heteroatoms. The lowest BCUT2D eigenvalue weighted by molar-refractivity contribution is 0.0423. The summed E-state index contributed by atoms with van der Waals surface area (Å²) in [5.41, 5.74) is 2.05. The SMILES string of the molecule is CCCc1ccc(C(=O)C(CCC)OCC)cc1. The van der Waals surface area contributed by atoms with Crippen LogP contribution in [0, 0.1) is 0 Å². The predicted octanol–water partition coefficient (Wildman–Crippen LogP) is 4.03. The summed E-state index contributed by atoms with van der Waals surface area (Å²) in [6.45, 7) is 6.75. The number of carbonyl (C=O) groups excluding carboxylic acids is 1. The van der Waals surface area contributed by atoms with E-state index in [-0.39, 0.29) is 11.9 Å². The average Bonchev–Trinajstić information content (AvgIpc) is 2.39. The standard InChI is InChI=1S/C16H24O2/c1-4-7-13-9-11-14(12-10-13)16(17)15(8-5-2)18-6-3/h9-12,15H,4-8H2,1-3H3. The van der Waals surface area contributed by atoms with Gasteiger partial charge in [-0.2, -0.15) is 0 Å². The van der Waals surface area contributed by atoms with E-state index in [9.17, 15) is 4.79 Å². The molecule has 2 nitrogen and oxygen atoms in total. The van der Waals surface area contributed by atoms with Crippen LogP contribution in [0.5, 0.6) is 0 Å². The maximum absolute atomic E-state index is 12.3. The van der Waals surface area contributed by atoms with Crippen molar-refractivity contribution < 1.29 is 9.53 Å². The van der Waals surface area contributed by atoms with E-state index in [1.165, 1.54) is 5.56 Å². The fraction of sp³-hybridized carbons (Fsp3) is 0.562. The van der Waals surface area contributed by atoms with Crippen molar-refractivity contribution in [2.24, 2.45) is 0 Å². The highest BCUT2D eigenvalue weighted by atomic mass is 16.5. The number of benzene rings is 1. The van der Waals surface area contributed by atoms with Crippen molar-refractivity contribution in [2.45, 2.75) is 52.6 Å². The van der Waals surface area contributed by atoms with Gasteiger partial charge in [0.2, 0.25) is 0 Å². The summed E-state index contributed by atoms with van der Waals surface area (Å²) in [6, 6.07) is 7.95. The Bertz CT molecular complexity index is 348. The van der Waals surface area contributed by atoms with E-state index >= 15 is 0 Å². The predicted molar refractivity (Wildman–Crippen MR) is 75.1 cm³/mol. The molecule has 0 aliphatic carbocycles. The van der Waals surface area contributed by atoms with Crippen molar-refractivity contribution in [3.8, 4) is 0 Å². The Morgan fingerprint density at radius 2 is 1.78 bits per heavy atom. The molecule has 0 saturated carbocycles. The van der Waals surface area contributed by atoms with Gasteiger partial charge in [-0.05, 0) is 25.3 Å². The fourth-order valence-electron chi connectivity index (χ4n) is 2.06. The van der Waals surface area contributed by atoms with Crippen molar-refractivity contribution in [3.05, 3.63) is 35.4 Å². The van der Waals surface area contributed by atoms with Crippen LogP contribution >= 0.6 is 0 Å². The molecule has 0 N–H and O–H groups in total. The van der Waals surface area contributed by atoms with Crippen molar-refractivity contribution in [2.75, 3.05) is 6.61 Å². The van der Waals surface area contributed by atoms with Gasteiger partial charge in [-0.1, -0.05) is 51.0 Å². The van der Waals surface area contributed by atoms with Crippen LogP contribution < -0.4 is 0 Å². The molecule has 0 heterocycles. The number of Topliss-reactive ketones (excluding diaryl/α,β-unsaturated/α-hetero) is 1. The number of ether oxygens (including phenoxy) is 1.